The Morgan fingerprint density at radius 3 is 2.53 bits per heavy atom. The van der Waals surface area contributed by atoms with Crippen molar-refractivity contribution in [1.29, 1.82) is 0 Å². The van der Waals surface area contributed by atoms with Crippen molar-refractivity contribution in [2.45, 2.75) is 0 Å². The zero-order valence-electron chi connectivity index (χ0n) is 9.85. The lowest BCUT2D eigenvalue weighted by atomic mass is 10.1. The van der Waals surface area contributed by atoms with Crippen LogP contribution in [0.2, 0.25) is 0 Å². The summed E-state index contributed by atoms with van der Waals surface area (Å²) in [6, 6.07) is 3.46. The molecule has 2 rings (SSSR count). The quantitative estimate of drug-likeness (QED) is 0.882. The predicted octanol–water partition coefficient (Wildman–Crippen LogP) is 1.89. The molecule has 0 atom stereocenters. The van der Waals surface area contributed by atoms with Crippen LogP contribution in [0.25, 0.3) is 10.9 Å². The van der Waals surface area contributed by atoms with Crippen LogP contribution in [0.3, 0.4) is 0 Å². The normalized spacial score (nSPS) is 10.5. The summed E-state index contributed by atoms with van der Waals surface area (Å²) in [5.74, 6) is 0.156. The van der Waals surface area contributed by atoms with E-state index in [1.54, 1.807) is 37.1 Å². The summed E-state index contributed by atoms with van der Waals surface area (Å²) in [7, 11) is 4.85. The van der Waals surface area contributed by atoms with E-state index in [1.165, 1.54) is 7.11 Å². The second kappa shape index (κ2) is 4.01. The van der Waals surface area contributed by atoms with Crippen molar-refractivity contribution >= 4 is 16.9 Å². The fraction of sp³-hybridized carbons (Fsp3) is 0.250. The van der Waals surface area contributed by atoms with Crippen molar-refractivity contribution in [2.24, 2.45) is 7.05 Å². The molecule has 0 saturated heterocycles. The molecule has 0 saturated carbocycles. The molecule has 0 unspecified atom stereocenters. The topological polar surface area (TPSA) is 60.7 Å². The molecular formula is C12H13NO4. The van der Waals surface area contributed by atoms with Crippen LogP contribution in [-0.2, 0) is 7.05 Å². The van der Waals surface area contributed by atoms with Gasteiger partial charge in [-0.1, -0.05) is 0 Å². The molecule has 0 aliphatic carbocycles. The second-order valence-electron chi connectivity index (χ2n) is 3.68. The molecule has 1 aromatic carbocycles. The third kappa shape index (κ3) is 1.69. The first-order valence-corrected chi connectivity index (χ1v) is 5.02. The Balaban J connectivity index is 2.86. The highest BCUT2D eigenvalue weighted by Crippen LogP contribution is 2.34. The van der Waals surface area contributed by atoms with Crippen LogP contribution >= 0.6 is 0 Å². The Kier molecular flexibility index (Phi) is 2.67. The first-order chi connectivity index (χ1) is 8.08. The number of fused-ring (bicyclic) bond motifs is 1. The Morgan fingerprint density at radius 1 is 1.29 bits per heavy atom. The molecule has 1 N–H and O–H groups in total. The third-order valence-corrected chi connectivity index (χ3v) is 2.71. The average molecular weight is 235 g/mol. The molecule has 5 nitrogen and oxygen atoms in total. The number of aryl methyl sites for hydroxylation is 1. The molecule has 90 valence electrons. The van der Waals surface area contributed by atoms with Crippen LogP contribution in [0.15, 0.2) is 18.3 Å². The minimum absolute atomic E-state index is 0.224. The fourth-order valence-corrected chi connectivity index (χ4v) is 1.89. The smallest absolute Gasteiger partial charge is 0.338 e. The van der Waals surface area contributed by atoms with Crippen molar-refractivity contribution in [3.8, 4) is 11.5 Å². The van der Waals surface area contributed by atoms with E-state index in [0.717, 1.165) is 5.52 Å². The van der Waals surface area contributed by atoms with Gasteiger partial charge in [0, 0.05) is 25.4 Å². The molecule has 1 heterocycles. The molecule has 0 radical (unpaired) electrons. The Morgan fingerprint density at radius 2 is 2.00 bits per heavy atom. The maximum atomic E-state index is 11.2. The van der Waals surface area contributed by atoms with E-state index in [1.807, 2.05) is 0 Å². The standard InChI is InChI=1S/C12H13NO4/c1-13-6-8(12(14)15)11-9(13)4-7(16-2)5-10(11)17-3/h4-6H,1-3H3,(H,14,15). The lowest BCUT2D eigenvalue weighted by molar-refractivity contribution is 0.0698. The molecular weight excluding hydrogens is 222 g/mol. The summed E-state index contributed by atoms with van der Waals surface area (Å²) in [4.78, 5) is 11.2. The van der Waals surface area contributed by atoms with Gasteiger partial charge in [-0.25, -0.2) is 4.79 Å². The number of nitrogens with zero attached hydrogens (tertiary/aromatic N) is 1. The first-order valence-electron chi connectivity index (χ1n) is 5.02. The van der Waals surface area contributed by atoms with Crippen molar-refractivity contribution in [1.82, 2.24) is 4.57 Å². The summed E-state index contributed by atoms with van der Waals surface area (Å²) in [6.07, 6.45) is 1.56. The minimum Gasteiger partial charge on any atom is -0.497 e. The molecule has 0 spiro atoms. The second-order valence-corrected chi connectivity index (χ2v) is 3.68. The number of aromatic nitrogens is 1. The molecule has 0 fully saturated rings. The number of methoxy groups -OCH3 is 2. The van der Waals surface area contributed by atoms with Crippen LogP contribution in [0.5, 0.6) is 11.5 Å². The number of ether oxygens (including phenoxy) is 2. The number of rotatable bonds is 3. The molecule has 1 aromatic heterocycles. The van der Waals surface area contributed by atoms with Gasteiger partial charge in [0.05, 0.1) is 30.7 Å². The van der Waals surface area contributed by atoms with Crippen molar-refractivity contribution in [3.63, 3.8) is 0 Å². The lowest BCUT2D eigenvalue weighted by Crippen LogP contribution is -1.96. The van der Waals surface area contributed by atoms with E-state index in [0.29, 0.717) is 16.9 Å². The number of carbonyl (C=O) groups is 1. The van der Waals surface area contributed by atoms with Crippen molar-refractivity contribution in [3.05, 3.63) is 23.9 Å². The molecule has 2 aromatic rings. The Labute approximate surface area is 98.2 Å². The van der Waals surface area contributed by atoms with Gasteiger partial charge >= 0.3 is 5.97 Å². The summed E-state index contributed by atoms with van der Waals surface area (Å²) >= 11 is 0. The first kappa shape index (κ1) is 11.3. The van der Waals surface area contributed by atoms with Gasteiger partial charge < -0.3 is 19.1 Å². The highest BCUT2D eigenvalue weighted by molar-refractivity contribution is 6.06. The minimum atomic E-state index is -0.973. The fourth-order valence-electron chi connectivity index (χ4n) is 1.89. The van der Waals surface area contributed by atoms with Gasteiger partial charge in [0.25, 0.3) is 0 Å². The number of benzene rings is 1. The van der Waals surface area contributed by atoms with Crippen molar-refractivity contribution in [2.75, 3.05) is 14.2 Å². The Hall–Kier alpha value is -2.17. The molecule has 0 aliphatic rings. The van der Waals surface area contributed by atoms with Crippen LogP contribution in [0.1, 0.15) is 10.4 Å². The van der Waals surface area contributed by atoms with Gasteiger partial charge in [0.15, 0.2) is 0 Å². The molecule has 0 amide bonds. The zero-order chi connectivity index (χ0) is 12.6. The van der Waals surface area contributed by atoms with Gasteiger partial charge in [0.1, 0.15) is 11.5 Å². The third-order valence-electron chi connectivity index (χ3n) is 2.71. The maximum Gasteiger partial charge on any atom is 0.338 e. The maximum absolute atomic E-state index is 11.2. The van der Waals surface area contributed by atoms with Crippen LogP contribution in [0, 0.1) is 0 Å². The van der Waals surface area contributed by atoms with Gasteiger partial charge in [-0.2, -0.15) is 0 Å². The van der Waals surface area contributed by atoms with E-state index in [4.69, 9.17) is 14.6 Å². The largest absolute Gasteiger partial charge is 0.497 e. The van der Waals surface area contributed by atoms with Gasteiger partial charge in [-0.15, -0.1) is 0 Å². The van der Waals surface area contributed by atoms with Crippen molar-refractivity contribution < 1.29 is 19.4 Å². The highest BCUT2D eigenvalue weighted by Gasteiger charge is 2.18. The van der Waals surface area contributed by atoms with E-state index < -0.39 is 5.97 Å². The van der Waals surface area contributed by atoms with Crippen LogP contribution in [0.4, 0.5) is 0 Å². The number of hydrogen-bond acceptors (Lipinski definition) is 3. The molecule has 0 aliphatic heterocycles. The monoisotopic (exact) mass is 235 g/mol. The molecule has 0 bridgehead atoms. The molecule has 5 heteroatoms. The summed E-state index contributed by atoms with van der Waals surface area (Å²) in [5, 5.41) is 9.73. The van der Waals surface area contributed by atoms with Gasteiger partial charge in [0.2, 0.25) is 0 Å². The van der Waals surface area contributed by atoms with E-state index >= 15 is 0 Å². The number of carboxylic acids is 1. The average Bonchev–Trinajstić information content (AvgIpc) is 2.66. The van der Waals surface area contributed by atoms with E-state index in [9.17, 15) is 4.79 Å². The summed E-state index contributed by atoms with van der Waals surface area (Å²) < 4.78 is 12.1. The Bertz CT molecular complexity index is 586. The summed E-state index contributed by atoms with van der Waals surface area (Å²) in [6.45, 7) is 0. The number of carboxylic acid groups (broad SMARTS) is 1. The van der Waals surface area contributed by atoms with Gasteiger partial charge in [-0.05, 0) is 0 Å². The zero-order valence-corrected chi connectivity index (χ0v) is 9.85. The molecule has 17 heavy (non-hydrogen) atoms. The number of hydrogen-bond donors (Lipinski definition) is 1. The van der Waals surface area contributed by atoms with Gasteiger partial charge in [-0.3, -0.25) is 0 Å². The predicted molar refractivity (Wildman–Crippen MR) is 63.0 cm³/mol. The lowest BCUT2D eigenvalue weighted by Gasteiger charge is -2.07. The van der Waals surface area contributed by atoms with E-state index in [2.05, 4.69) is 0 Å². The van der Waals surface area contributed by atoms with Crippen LogP contribution in [-0.4, -0.2) is 29.9 Å². The summed E-state index contributed by atoms with van der Waals surface area (Å²) in [5.41, 5.74) is 0.987. The highest BCUT2D eigenvalue weighted by atomic mass is 16.5. The number of aromatic carboxylic acids is 1. The van der Waals surface area contributed by atoms with Crippen LogP contribution < -0.4 is 9.47 Å². The van der Waals surface area contributed by atoms with E-state index in [-0.39, 0.29) is 5.56 Å². The SMILES string of the molecule is COc1cc(OC)c2c(C(=O)O)cn(C)c2c1.